The van der Waals surface area contributed by atoms with Crippen LogP contribution < -0.4 is 0 Å². The van der Waals surface area contributed by atoms with Crippen molar-refractivity contribution in [2.45, 2.75) is 32.4 Å². The van der Waals surface area contributed by atoms with Crippen LogP contribution >= 0.6 is 11.8 Å². The van der Waals surface area contributed by atoms with Gasteiger partial charge in [0.05, 0.1) is 24.2 Å². The first-order valence-electron chi connectivity index (χ1n) is 9.72. The highest BCUT2D eigenvalue weighted by Gasteiger charge is 2.30. The Balaban J connectivity index is 1.63. The highest BCUT2D eigenvalue weighted by molar-refractivity contribution is 8.08. The molecule has 1 fully saturated rings. The molecule has 1 atom stereocenters. The number of thioether (sulfide) groups is 1. The molecule has 4 rings (SSSR count). The van der Waals surface area contributed by atoms with Crippen LogP contribution in [0.4, 0.5) is 0 Å². The molecule has 2 aliphatic rings. The van der Waals surface area contributed by atoms with Crippen molar-refractivity contribution >= 4 is 22.6 Å². The number of carbonyl (C=O) groups excluding carboxylic acids is 1. The van der Waals surface area contributed by atoms with Gasteiger partial charge in [0, 0.05) is 18.9 Å². The van der Waals surface area contributed by atoms with Crippen LogP contribution in [0, 0.1) is 6.92 Å². The predicted molar refractivity (Wildman–Crippen MR) is 110 cm³/mol. The van der Waals surface area contributed by atoms with E-state index in [2.05, 4.69) is 0 Å². The van der Waals surface area contributed by atoms with Gasteiger partial charge in [-0.25, -0.2) is 0 Å². The van der Waals surface area contributed by atoms with Crippen molar-refractivity contribution in [1.82, 2.24) is 4.90 Å². The van der Waals surface area contributed by atoms with Crippen molar-refractivity contribution in [3.8, 4) is 0 Å². The van der Waals surface area contributed by atoms with Crippen molar-refractivity contribution in [2.75, 3.05) is 25.5 Å². The standard InChI is InChI=1S/C22H25NO4S/c1-16-9-10-19(27-16)15-23(14-18-8-5-11-25-18)22(24)20-21(28-13-12-26-20)17-6-3-2-4-7-17/h2-4,6-7,9-10,18H,5,8,11-15H2,1H3/t18-/m0/s1. The zero-order valence-corrected chi connectivity index (χ0v) is 16.9. The maximum absolute atomic E-state index is 13.5. The van der Waals surface area contributed by atoms with E-state index in [4.69, 9.17) is 13.9 Å². The zero-order valence-electron chi connectivity index (χ0n) is 16.1. The van der Waals surface area contributed by atoms with Gasteiger partial charge in [0.2, 0.25) is 0 Å². The van der Waals surface area contributed by atoms with Gasteiger partial charge in [-0.3, -0.25) is 4.79 Å². The van der Waals surface area contributed by atoms with Gasteiger partial charge in [0.15, 0.2) is 5.76 Å². The third-order valence-corrected chi connectivity index (χ3v) is 5.97. The van der Waals surface area contributed by atoms with Crippen molar-refractivity contribution in [3.05, 3.63) is 65.3 Å². The number of hydrogen-bond acceptors (Lipinski definition) is 5. The Morgan fingerprint density at radius 1 is 1.18 bits per heavy atom. The quantitative estimate of drug-likeness (QED) is 0.728. The molecule has 0 spiro atoms. The van der Waals surface area contributed by atoms with Gasteiger partial charge in [-0.2, -0.15) is 0 Å². The average molecular weight is 400 g/mol. The van der Waals surface area contributed by atoms with Gasteiger partial charge in [-0.15, -0.1) is 11.8 Å². The Bertz CT molecular complexity index is 839. The van der Waals surface area contributed by atoms with E-state index in [-0.39, 0.29) is 12.0 Å². The second-order valence-electron chi connectivity index (χ2n) is 7.05. The largest absolute Gasteiger partial charge is 0.486 e. The monoisotopic (exact) mass is 399 g/mol. The lowest BCUT2D eigenvalue weighted by atomic mass is 10.1. The zero-order chi connectivity index (χ0) is 19.3. The van der Waals surface area contributed by atoms with Crippen LogP contribution in [0.2, 0.25) is 0 Å². The number of aryl methyl sites for hydroxylation is 1. The molecule has 0 radical (unpaired) electrons. The molecule has 28 heavy (non-hydrogen) atoms. The van der Waals surface area contributed by atoms with E-state index >= 15 is 0 Å². The second kappa shape index (κ2) is 8.88. The van der Waals surface area contributed by atoms with Crippen LogP contribution in [-0.4, -0.2) is 42.4 Å². The Kier molecular flexibility index (Phi) is 6.07. The Hall–Kier alpha value is -2.18. The maximum atomic E-state index is 13.5. The van der Waals surface area contributed by atoms with Gasteiger partial charge < -0.3 is 18.8 Å². The summed E-state index contributed by atoms with van der Waals surface area (Å²) in [6, 6.07) is 13.8. The topological polar surface area (TPSA) is 51.9 Å². The van der Waals surface area contributed by atoms with Crippen molar-refractivity contribution in [1.29, 1.82) is 0 Å². The first-order valence-corrected chi connectivity index (χ1v) is 10.7. The summed E-state index contributed by atoms with van der Waals surface area (Å²) in [5.41, 5.74) is 1.02. The molecule has 0 N–H and O–H groups in total. The van der Waals surface area contributed by atoms with Crippen LogP contribution in [0.1, 0.15) is 29.9 Å². The van der Waals surface area contributed by atoms with Crippen LogP contribution in [0.25, 0.3) is 4.91 Å². The van der Waals surface area contributed by atoms with E-state index in [1.54, 1.807) is 16.7 Å². The fourth-order valence-corrected chi connectivity index (χ4v) is 4.49. The lowest BCUT2D eigenvalue weighted by Crippen LogP contribution is -2.39. The minimum atomic E-state index is -0.101. The molecule has 1 aromatic heterocycles. The fourth-order valence-electron chi connectivity index (χ4n) is 3.54. The molecule has 0 aliphatic carbocycles. The summed E-state index contributed by atoms with van der Waals surface area (Å²) in [6.07, 6.45) is 2.08. The number of nitrogens with zero attached hydrogens (tertiary/aromatic N) is 1. The summed E-state index contributed by atoms with van der Waals surface area (Å²) in [5.74, 6) is 2.78. The number of carbonyl (C=O) groups is 1. The third kappa shape index (κ3) is 4.45. The number of amides is 1. The highest BCUT2D eigenvalue weighted by atomic mass is 32.2. The van der Waals surface area contributed by atoms with Gasteiger partial charge in [-0.05, 0) is 37.5 Å². The van der Waals surface area contributed by atoms with Crippen molar-refractivity contribution in [2.24, 2.45) is 0 Å². The number of hydrogen-bond donors (Lipinski definition) is 0. The molecule has 2 aromatic rings. The molecule has 1 saturated heterocycles. The maximum Gasteiger partial charge on any atom is 0.290 e. The third-order valence-electron chi connectivity index (χ3n) is 4.89. The number of benzene rings is 1. The summed E-state index contributed by atoms with van der Waals surface area (Å²) in [5, 5.41) is 0. The lowest BCUT2D eigenvalue weighted by Gasteiger charge is -2.28. The molecule has 3 heterocycles. The van der Waals surface area contributed by atoms with E-state index in [0.717, 1.165) is 47.2 Å². The predicted octanol–water partition coefficient (Wildman–Crippen LogP) is 4.23. The Labute approximate surface area is 169 Å². The summed E-state index contributed by atoms with van der Waals surface area (Å²) >= 11 is 1.68. The molecule has 1 amide bonds. The molecule has 0 saturated carbocycles. The summed E-state index contributed by atoms with van der Waals surface area (Å²) in [6.45, 7) is 4.16. The lowest BCUT2D eigenvalue weighted by molar-refractivity contribution is -0.133. The summed E-state index contributed by atoms with van der Waals surface area (Å²) in [4.78, 5) is 16.2. The molecule has 1 aromatic carbocycles. The van der Waals surface area contributed by atoms with Gasteiger partial charge in [0.25, 0.3) is 5.91 Å². The first kappa shape index (κ1) is 19.2. The van der Waals surface area contributed by atoms with E-state index in [1.807, 2.05) is 49.4 Å². The van der Waals surface area contributed by atoms with E-state index in [0.29, 0.717) is 25.5 Å². The number of ether oxygens (including phenoxy) is 2. The minimum Gasteiger partial charge on any atom is -0.486 e. The summed E-state index contributed by atoms with van der Waals surface area (Å²) < 4.78 is 17.4. The first-order chi connectivity index (χ1) is 13.7. The van der Waals surface area contributed by atoms with Gasteiger partial charge in [0.1, 0.15) is 11.5 Å². The van der Waals surface area contributed by atoms with E-state index < -0.39 is 0 Å². The molecule has 6 heteroatoms. The Morgan fingerprint density at radius 3 is 2.75 bits per heavy atom. The molecular formula is C22H25NO4S. The smallest absolute Gasteiger partial charge is 0.290 e. The number of furan rings is 1. The number of rotatable bonds is 6. The van der Waals surface area contributed by atoms with E-state index in [1.165, 1.54) is 0 Å². The van der Waals surface area contributed by atoms with Crippen LogP contribution in [0.3, 0.4) is 0 Å². The molecule has 0 bridgehead atoms. The van der Waals surface area contributed by atoms with Crippen molar-refractivity contribution in [3.63, 3.8) is 0 Å². The normalized spacial score (nSPS) is 19.5. The highest BCUT2D eigenvalue weighted by Crippen LogP contribution is 2.35. The van der Waals surface area contributed by atoms with Crippen LogP contribution in [0.15, 0.2) is 52.6 Å². The fraction of sp³-hybridized carbons (Fsp3) is 0.409. The second-order valence-corrected chi connectivity index (χ2v) is 8.16. The van der Waals surface area contributed by atoms with Gasteiger partial charge in [-0.1, -0.05) is 30.3 Å². The molecule has 2 aliphatic heterocycles. The van der Waals surface area contributed by atoms with Crippen molar-refractivity contribution < 1.29 is 18.7 Å². The molecule has 0 unspecified atom stereocenters. The SMILES string of the molecule is Cc1ccc(CN(C[C@@H]2CCCO2)C(=O)C2=C(c3ccccc3)SCCO2)o1. The summed E-state index contributed by atoms with van der Waals surface area (Å²) in [7, 11) is 0. The molecule has 148 valence electrons. The molecular weight excluding hydrogens is 374 g/mol. The van der Waals surface area contributed by atoms with E-state index in [9.17, 15) is 4.79 Å². The average Bonchev–Trinajstić information content (AvgIpc) is 3.39. The van der Waals surface area contributed by atoms with Crippen LogP contribution in [-0.2, 0) is 20.8 Å². The Morgan fingerprint density at radius 2 is 2.04 bits per heavy atom. The minimum absolute atomic E-state index is 0.0667. The van der Waals surface area contributed by atoms with Gasteiger partial charge >= 0.3 is 0 Å². The van der Waals surface area contributed by atoms with Crippen LogP contribution in [0.5, 0.6) is 0 Å². The molecule has 5 nitrogen and oxygen atoms in total.